The number of esters is 12. The zero-order valence-electron chi connectivity index (χ0n) is 46.5. The van der Waals surface area contributed by atoms with E-state index < -0.39 is 96.7 Å². The molecule has 452 valence electrons. The van der Waals surface area contributed by atoms with Crippen molar-refractivity contribution in [2.45, 2.75) is 51.4 Å². The molecule has 0 saturated heterocycles. The number of rotatable bonds is 32. The van der Waals surface area contributed by atoms with E-state index in [4.69, 9.17) is 56.8 Å². The minimum absolute atomic E-state index is 0.0276. The first-order valence-electron chi connectivity index (χ1n) is 26.6. The molecule has 0 heterocycles. The van der Waals surface area contributed by atoms with Crippen LogP contribution in [0.25, 0.3) is 0 Å². The summed E-state index contributed by atoms with van der Waals surface area (Å²) in [6.45, 7) is 12.0. The fraction of sp³-hybridized carbons (Fsp3) is 0.290. The SMILES string of the molecule is C=CC(=O)OCCCCOC(=O)c1ccc(C(=O)Oc2ccc(OC(=O)C3CCC(C(=O)Oc4ccc(OC(=O)c5ccc(C(=O)OCCCCOC(=O)C=C)cc5)c(C(=O)OCCOC(=O)C=C)c4)CC3)cc2C(=O)OCCOC(=O)C=C)cc1. The molecular formula is C62H60O24. The van der Waals surface area contributed by atoms with Gasteiger partial charge in [-0.3, -0.25) is 9.59 Å². The molecule has 0 aromatic heterocycles. The van der Waals surface area contributed by atoms with Crippen molar-refractivity contribution in [1.29, 1.82) is 0 Å². The Morgan fingerprint density at radius 2 is 0.593 bits per heavy atom. The molecule has 0 atom stereocenters. The van der Waals surface area contributed by atoms with Crippen LogP contribution in [0.5, 0.6) is 23.0 Å². The van der Waals surface area contributed by atoms with Crippen LogP contribution in [0.15, 0.2) is 136 Å². The molecule has 1 saturated carbocycles. The minimum Gasteiger partial charge on any atom is -0.463 e. The molecule has 0 N–H and O–H groups in total. The van der Waals surface area contributed by atoms with E-state index in [2.05, 4.69) is 26.3 Å². The van der Waals surface area contributed by atoms with Crippen molar-refractivity contribution in [3.8, 4) is 23.0 Å². The maximum atomic E-state index is 13.6. The van der Waals surface area contributed by atoms with Gasteiger partial charge in [0.15, 0.2) is 0 Å². The Kier molecular flexibility index (Phi) is 26.8. The van der Waals surface area contributed by atoms with Crippen molar-refractivity contribution < 1.29 is 114 Å². The summed E-state index contributed by atoms with van der Waals surface area (Å²) < 4.78 is 62.9. The highest BCUT2D eigenvalue weighted by molar-refractivity contribution is 5.99. The molecule has 0 bridgehead atoms. The number of ether oxygens (including phenoxy) is 12. The van der Waals surface area contributed by atoms with Crippen molar-refractivity contribution in [2.75, 3.05) is 52.9 Å². The summed E-state index contributed by atoms with van der Waals surface area (Å²) in [5.74, 6) is -11.8. The minimum atomic E-state index is -1.05. The van der Waals surface area contributed by atoms with E-state index in [-0.39, 0.29) is 122 Å². The van der Waals surface area contributed by atoms with Crippen LogP contribution in [0.1, 0.15) is 114 Å². The number of carbonyl (C=O) groups excluding carboxylic acids is 12. The smallest absolute Gasteiger partial charge is 0.343 e. The number of hydrogen-bond donors (Lipinski definition) is 0. The van der Waals surface area contributed by atoms with Crippen molar-refractivity contribution >= 4 is 71.6 Å². The molecule has 0 unspecified atom stereocenters. The molecule has 24 heteroatoms. The first-order valence-corrected chi connectivity index (χ1v) is 26.6. The Labute approximate surface area is 492 Å². The van der Waals surface area contributed by atoms with Gasteiger partial charge in [-0.2, -0.15) is 0 Å². The van der Waals surface area contributed by atoms with E-state index in [1.54, 1.807) is 0 Å². The average Bonchev–Trinajstić information content (AvgIpc) is 2.52. The number of carbonyl (C=O) groups is 12. The first-order chi connectivity index (χ1) is 41.4. The van der Waals surface area contributed by atoms with Crippen LogP contribution < -0.4 is 18.9 Å². The van der Waals surface area contributed by atoms with Gasteiger partial charge >= 0.3 is 71.6 Å². The lowest BCUT2D eigenvalue weighted by Gasteiger charge is -2.26. The lowest BCUT2D eigenvalue weighted by Crippen LogP contribution is -2.30. The third kappa shape index (κ3) is 21.7. The van der Waals surface area contributed by atoms with E-state index in [9.17, 15) is 57.5 Å². The topological polar surface area (TPSA) is 316 Å². The van der Waals surface area contributed by atoms with Gasteiger partial charge in [-0.25, -0.2) is 47.9 Å². The summed E-state index contributed by atoms with van der Waals surface area (Å²) in [6, 6.07) is 17.6. The van der Waals surface area contributed by atoms with Crippen molar-refractivity contribution in [2.24, 2.45) is 11.8 Å². The number of benzene rings is 4. The van der Waals surface area contributed by atoms with Gasteiger partial charge in [0, 0.05) is 24.3 Å². The van der Waals surface area contributed by atoms with Crippen LogP contribution in [0.3, 0.4) is 0 Å². The van der Waals surface area contributed by atoms with E-state index >= 15 is 0 Å². The van der Waals surface area contributed by atoms with Crippen LogP contribution >= 0.6 is 0 Å². The Morgan fingerprint density at radius 1 is 0.326 bits per heavy atom. The first kappa shape index (κ1) is 66.3. The van der Waals surface area contributed by atoms with Gasteiger partial charge in [-0.1, -0.05) is 26.3 Å². The summed E-state index contributed by atoms with van der Waals surface area (Å²) in [4.78, 5) is 151. The van der Waals surface area contributed by atoms with Gasteiger partial charge in [0.2, 0.25) is 0 Å². The third-order valence-electron chi connectivity index (χ3n) is 12.1. The summed E-state index contributed by atoms with van der Waals surface area (Å²) in [7, 11) is 0. The highest BCUT2D eigenvalue weighted by atomic mass is 16.6. The standard InChI is InChI=1S/C62H60O24/c1-5-51(63)75-29-9-11-31-79-55(67)39-13-17-43(18-14-39)59(71)85-49-27-25-45(37-47(49)61(73)81-35-33-77-53(65)7-3)83-57(69)41-21-23-42(24-22-41)58(70)84-46-26-28-50(48(38-46)62(74)82-36-34-78-54(66)8-4)86-60(72)44-19-15-40(16-20-44)56(68)80-32-12-10-30-76-52(64)6-2/h5-8,13-20,25-28,37-38,41-42H,1-4,9-12,21-24,29-36H2. The van der Waals surface area contributed by atoms with Crippen molar-refractivity contribution in [3.05, 3.63) is 169 Å². The molecule has 1 aliphatic carbocycles. The van der Waals surface area contributed by atoms with Gasteiger partial charge in [-0.05, 0) is 136 Å². The maximum Gasteiger partial charge on any atom is 0.343 e. The number of hydrogen-bond acceptors (Lipinski definition) is 24. The lowest BCUT2D eigenvalue weighted by atomic mass is 9.82. The normalized spacial score (nSPS) is 13.1. The molecule has 86 heavy (non-hydrogen) atoms. The molecule has 4 aromatic carbocycles. The van der Waals surface area contributed by atoms with E-state index in [0.717, 1.165) is 36.4 Å². The summed E-state index contributed by atoms with van der Waals surface area (Å²) in [5, 5.41) is 0. The van der Waals surface area contributed by atoms with E-state index in [1.165, 1.54) is 72.8 Å². The Morgan fingerprint density at radius 3 is 0.907 bits per heavy atom. The predicted octanol–water partition coefficient (Wildman–Crippen LogP) is 7.55. The molecular weight excluding hydrogens is 1130 g/mol. The molecule has 0 amide bonds. The fourth-order valence-corrected chi connectivity index (χ4v) is 7.60. The fourth-order valence-electron chi connectivity index (χ4n) is 7.60. The second-order valence-electron chi connectivity index (χ2n) is 18.1. The van der Waals surface area contributed by atoms with Gasteiger partial charge in [0.05, 0.1) is 60.5 Å². The van der Waals surface area contributed by atoms with E-state index in [0.29, 0.717) is 25.7 Å². The Bertz CT molecular complexity index is 2950. The highest BCUT2D eigenvalue weighted by Gasteiger charge is 2.33. The second kappa shape index (κ2) is 34.8. The van der Waals surface area contributed by atoms with Crippen LogP contribution in [0.4, 0.5) is 0 Å². The average molecular weight is 1190 g/mol. The number of unbranched alkanes of at least 4 members (excludes halogenated alkanes) is 2. The molecule has 5 rings (SSSR count). The van der Waals surface area contributed by atoms with Gasteiger partial charge < -0.3 is 56.8 Å². The van der Waals surface area contributed by atoms with Crippen molar-refractivity contribution in [3.63, 3.8) is 0 Å². The van der Waals surface area contributed by atoms with Crippen LogP contribution in [0, 0.1) is 11.8 Å². The molecule has 4 aromatic rings. The predicted molar refractivity (Wildman–Crippen MR) is 297 cm³/mol. The van der Waals surface area contributed by atoms with Crippen molar-refractivity contribution in [1.82, 2.24) is 0 Å². The van der Waals surface area contributed by atoms with E-state index in [1.807, 2.05) is 0 Å². The van der Waals surface area contributed by atoms with Gasteiger partial charge in [0.25, 0.3) is 0 Å². The molecule has 0 aliphatic heterocycles. The van der Waals surface area contributed by atoms with Gasteiger partial charge in [-0.15, -0.1) is 0 Å². The summed E-state index contributed by atoms with van der Waals surface area (Å²) >= 11 is 0. The zero-order valence-corrected chi connectivity index (χ0v) is 46.5. The lowest BCUT2D eigenvalue weighted by molar-refractivity contribution is -0.145. The monoisotopic (exact) mass is 1190 g/mol. The molecule has 24 nitrogen and oxygen atoms in total. The Balaban J connectivity index is 1.19. The summed E-state index contributed by atoms with van der Waals surface area (Å²) in [5.41, 5.74) is -0.533. The third-order valence-corrected chi connectivity index (χ3v) is 12.1. The van der Waals surface area contributed by atoms with Crippen LogP contribution in [0.2, 0.25) is 0 Å². The Hall–Kier alpha value is -10.5. The quantitative estimate of drug-likeness (QED) is 0.0150. The molecule has 0 spiro atoms. The highest BCUT2D eigenvalue weighted by Crippen LogP contribution is 2.34. The van der Waals surface area contributed by atoms with Crippen LogP contribution in [-0.2, 0) is 66.7 Å². The molecule has 0 radical (unpaired) electrons. The zero-order chi connectivity index (χ0) is 62.4. The second-order valence-corrected chi connectivity index (χ2v) is 18.1. The summed E-state index contributed by atoms with van der Waals surface area (Å²) in [6.07, 6.45) is 6.21. The van der Waals surface area contributed by atoms with Gasteiger partial charge in [0.1, 0.15) is 60.6 Å². The maximum absolute atomic E-state index is 13.6. The largest absolute Gasteiger partial charge is 0.463 e. The molecule has 1 fully saturated rings. The van der Waals surface area contributed by atoms with Crippen LogP contribution in [-0.4, -0.2) is 124 Å². The molecule has 1 aliphatic rings.